The first kappa shape index (κ1) is 20.4. The van der Waals surface area contributed by atoms with Gasteiger partial charge in [-0.25, -0.2) is 0 Å². The number of hydrogen-bond acceptors (Lipinski definition) is 3. The molecule has 0 aromatic heterocycles. The third kappa shape index (κ3) is 5.35. The maximum atomic E-state index is 12.3. The molecule has 0 aliphatic carbocycles. The van der Waals surface area contributed by atoms with E-state index in [1.54, 1.807) is 0 Å². The Morgan fingerprint density at radius 3 is 2.24 bits per heavy atom. The first-order chi connectivity index (χ1) is 14.1. The van der Waals surface area contributed by atoms with E-state index in [1.807, 2.05) is 66.7 Å². The van der Waals surface area contributed by atoms with Gasteiger partial charge >= 0.3 is 0 Å². The molecule has 0 atom stereocenters. The first-order valence-electron chi connectivity index (χ1n) is 9.99. The van der Waals surface area contributed by atoms with Crippen LogP contribution in [0, 0.1) is 0 Å². The van der Waals surface area contributed by atoms with E-state index in [1.165, 1.54) is 0 Å². The van der Waals surface area contributed by atoms with Crippen LogP contribution in [-0.2, 0) is 16.0 Å². The van der Waals surface area contributed by atoms with Gasteiger partial charge in [-0.3, -0.25) is 9.59 Å². The monoisotopic (exact) mass is 389 g/mol. The Hall–Kier alpha value is -3.34. The number of amides is 2. The molecule has 5 heteroatoms. The summed E-state index contributed by atoms with van der Waals surface area (Å²) in [4.78, 5) is 26.7. The van der Waals surface area contributed by atoms with Crippen molar-refractivity contribution in [1.82, 2.24) is 5.32 Å². The summed E-state index contributed by atoms with van der Waals surface area (Å²) in [5, 5.41) is 7.68. The Kier molecular flexibility index (Phi) is 6.85. The summed E-state index contributed by atoms with van der Waals surface area (Å²) in [6, 6.07) is 21.6. The lowest BCUT2D eigenvalue weighted by Crippen LogP contribution is -2.33. The lowest BCUT2D eigenvalue weighted by molar-refractivity contribution is -0.123. The quantitative estimate of drug-likeness (QED) is 0.613. The van der Waals surface area contributed by atoms with Crippen LogP contribution in [-0.4, -0.2) is 31.4 Å². The molecule has 29 heavy (non-hydrogen) atoms. The molecule has 0 saturated carbocycles. The van der Waals surface area contributed by atoms with Gasteiger partial charge in [0.2, 0.25) is 11.8 Å². The van der Waals surface area contributed by atoms with Crippen LogP contribution in [0.4, 0.5) is 11.4 Å². The van der Waals surface area contributed by atoms with Gasteiger partial charge in [-0.15, -0.1) is 0 Å². The zero-order valence-electron chi connectivity index (χ0n) is 16.9. The Morgan fingerprint density at radius 2 is 1.52 bits per heavy atom. The van der Waals surface area contributed by atoms with Crippen LogP contribution >= 0.6 is 0 Å². The fourth-order valence-electron chi connectivity index (χ4n) is 3.41. The highest BCUT2D eigenvalue weighted by Crippen LogP contribution is 2.19. The molecule has 0 heterocycles. The molecule has 2 N–H and O–H groups in total. The maximum absolute atomic E-state index is 12.3. The van der Waals surface area contributed by atoms with Crippen molar-refractivity contribution in [3.8, 4) is 0 Å². The number of anilines is 2. The molecule has 5 nitrogen and oxygen atoms in total. The molecule has 0 bridgehead atoms. The Bertz CT molecular complexity index is 974. The van der Waals surface area contributed by atoms with Crippen LogP contribution in [0.15, 0.2) is 66.7 Å². The smallest absolute Gasteiger partial charge is 0.243 e. The van der Waals surface area contributed by atoms with Crippen molar-refractivity contribution >= 4 is 34.0 Å². The van der Waals surface area contributed by atoms with E-state index in [4.69, 9.17) is 0 Å². The second-order valence-corrected chi connectivity index (χ2v) is 6.86. The van der Waals surface area contributed by atoms with Crippen LogP contribution in [0.3, 0.4) is 0 Å². The second-order valence-electron chi connectivity index (χ2n) is 6.86. The second kappa shape index (κ2) is 9.73. The van der Waals surface area contributed by atoms with Crippen molar-refractivity contribution in [3.63, 3.8) is 0 Å². The van der Waals surface area contributed by atoms with Gasteiger partial charge in [-0.05, 0) is 54.4 Å². The molecule has 0 fully saturated rings. The average Bonchev–Trinajstić information content (AvgIpc) is 2.75. The van der Waals surface area contributed by atoms with Gasteiger partial charge in [0, 0.05) is 24.5 Å². The maximum Gasteiger partial charge on any atom is 0.243 e. The minimum absolute atomic E-state index is 0.0542. The van der Waals surface area contributed by atoms with E-state index in [0.29, 0.717) is 5.69 Å². The van der Waals surface area contributed by atoms with E-state index in [-0.39, 0.29) is 24.8 Å². The van der Waals surface area contributed by atoms with Gasteiger partial charge in [0.25, 0.3) is 0 Å². The zero-order valence-corrected chi connectivity index (χ0v) is 16.9. The van der Waals surface area contributed by atoms with Crippen molar-refractivity contribution in [1.29, 1.82) is 0 Å². The molecule has 3 aromatic carbocycles. The van der Waals surface area contributed by atoms with Crippen LogP contribution in [0.1, 0.15) is 19.4 Å². The number of nitrogens with one attached hydrogen (secondary N) is 2. The normalized spacial score (nSPS) is 10.6. The number of carbonyl (C=O) groups excluding carboxylic acids is 2. The molecule has 0 saturated heterocycles. The van der Waals surface area contributed by atoms with Gasteiger partial charge in [-0.1, -0.05) is 42.5 Å². The minimum Gasteiger partial charge on any atom is -0.372 e. The van der Waals surface area contributed by atoms with Gasteiger partial charge in [-0.2, -0.15) is 0 Å². The summed E-state index contributed by atoms with van der Waals surface area (Å²) < 4.78 is 0. The van der Waals surface area contributed by atoms with Gasteiger partial charge in [0.15, 0.2) is 0 Å². The van der Waals surface area contributed by atoms with Crippen LogP contribution in [0.25, 0.3) is 10.8 Å². The fraction of sp³-hybridized carbons (Fsp3) is 0.250. The molecule has 0 radical (unpaired) electrons. The van der Waals surface area contributed by atoms with Crippen LogP contribution in [0.5, 0.6) is 0 Å². The standard InChI is InChI=1S/C24H27N3O2/c1-3-27(4-2)21-14-12-20(13-15-21)26-24(29)17-25-23(28)16-19-10-7-9-18-8-5-6-11-22(18)19/h5-15H,3-4,16-17H2,1-2H3,(H,25,28)(H,26,29). The minimum atomic E-state index is -0.244. The zero-order chi connectivity index (χ0) is 20.6. The average molecular weight is 389 g/mol. The third-order valence-corrected chi connectivity index (χ3v) is 4.96. The summed E-state index contributed by atoms with van der Waals surface area (Å²) in [7, 11) is 0. The van der Waals surface area contributed by atoms with E-state index in [2.05, 4.69) is 29.4 Å². The van der Waals surface area contributed by atoms with E-state index >= 15 is 0 Å². The Morgan fingerprint density at radius 1 is 0.828 bits per heavy atom. The molecule has 3 aromatic rings. The highest BCUT2D eigenvalue weighted by molar-refractivity contribution is 5.96. The van der Waals surface area contributed by atoms with Crippen molar-refractivity contribution in [2.24, 2.45) is 0 Å². The number of rotatable bonds is 8. The lowest BCUT2D eigenvalue weighted by atomic mass is 10.0. The molecule has 2 amide bonds. The van der Waals surface area contributed by atoms with Crippen molar-refractivity contribution in [2.75, 3.05) is 29.9 Å². The van der Waals surface area contributed by atoms with Crippen LogP contribution < -0.4 is 15.5 Å². The summed E-state index contributed by atoms with van der Waals surface area (Å²) >= 11 is 0. The van der Waals surface area contributed by atoms with Gasteiger partial charge < -0.3 is 15.5 Å². The molecule has 0 spiro atoms. The highest BCUT2D eigenvalue weighted by atomic mass is 16.2. The van der Waals surface area contributed by atoms with E-state index < -0.39 is 0 Å². The number of hydrogen-bond donors (Lipinski definition) is 2. The Labute approximate surface area is 171 Å². The fourth-order valence-corrected chi connectivity index (χ4v) is 3.41. The molecule has 3 rings (SSSR count). The third-order valence-electron chi connectivity index (χ3n) is 4.96. The van der Waals surface area contributed by atoms with Gasteiger partial charge in [0.1, 0.15) is 0 Å². The predicted molar refractivity (Wildman–Crippen MR) is 119 cm³/mol. The first-order valence-corrected chi connectivity index (χ1v) is 9.99. The summed E-state index contributed by atoms with van der Waals surface area (Å²) in [5.41, 5.74) is 2.79. The van der Waals surface area contributed by atoms with Crippen molar-refractivity contribution in [2.45, 2.75) is 20.3 Å². The Balaban J connectivity index is 1.52. The molecular formula is C24H27N3O2. The van der Waals surface area contributed by atoms with Crippen molar-refractivity contribution in [3.05, 3.63) is 72.3 Å². The molecule has 0 aliphatic rings. The van der Waals surface area contributed by atoms with E-state index in [9.17, 15) is 9.59 Å². The van der Waals surface area contributed by atoms with Crippen molar-refractivity contribution < 1.29 is 9.59 Å². The molecule has 0 aliphatic heterocycles. The van der Waals surface area contributed by atoms with E-state index in [0.717, 1.165) is 35.1 Å². The topological polar surface area (TPSA) is 61.4 Å². The predicted octanol–water partition coefficient (Wildman–Crippen LogP) is 3.98. The molecule has 150 valence electrons. The molecule has 0 unspecified atom stereocenters. The number of fused-ring (bicyclic) bond motifs is 1. The summed E-state index contributed by atoms with van der Waals surface area (Å²) in [5.74, 6) is -0.416. The summed E-state index contributed by atoms with van der Waals surface area (Å²) in [6.07, 6.45) is 0.243. The molecular weight excluding hydrogens is 362 g/mol. The SMILES string of the molecule is CCN(CC)c1ccc(NC(=O)CNC(=O)Cc2cccc3ccccc23)cc1. The number of carbonyl (C=O) groups is 2. The highest BCUT2D eigenvalue weighted by Gasteiger charge is 2.09. The van der Waals surface area contributed by atoms with Gasteiger partial charge in [0.05, 0.1) is 13.0 Å². The number of benzene rings is 3. The van der Waals surface area contributed by atoms with Crippen LogP contribution in [0.2, 0.25) is 0 Å². The lowest BCUT2D eigenvalue weighted by Gasteiger charge is -2.21. The summed E-state index contributed by atoms with van der Waals surface area (Å²) in [6.45, 7) is 6.04. The largest absolute Gasteiger partial charge is 0.372 e. The number of nitrogens with zero attached hydrogens (tertiary/aromatic N) is 1.